The molecule has 0 aliphatic rings. The number of benzene rings is 6. The summed E-state index contributed by atoms with van der Waals surface area (Å²) in [5.74, 6) is -6.77. The zero-order chi connectivity index (χ0) is 32.2. The molecular formula is C38H19F4N5. The Balaban J connectivity index is 1.42. The predicted octanol–water partition coefficient (Wildman–Crippen LogP) is 9.55. The molecule has 0 fully saturated rings. The first-order valence-corrected chi connectivity index (χ1v) is 14.5. The number of nitrogens with zero attached hydrogens (tertiary/aromatic N) is 5. The van der Waals surface area contributed by atoms with E-state index in [9.17, 15) is 17.6 Å². The maximum absolute atomic E-state index is 14.9. The molecule has 0 unspecified atom stereocenters. The summed E-state index contributed by atoms with van der Waals surface area (Å²) >= 11 is 0. The Kier molecular flexibility index (Phi) is 6.51. The van der Waals surface area contributed by atoms with Crippen LogP contribution in [0.3, 0.4) is 0 Å². The Hall–Kier alpha value is -6.40. The van der Waals surface area contributed by atoms with Gasteiger partial charge >= 0.3 is 0 Å². The summed E-state index contributed by atoms with van der Waals surface area (Å²) in [6.45, 7) is 0. The number of halogens is 4. The first-order valence-electron chi connectivity index (χ1n) is 14.5. The molecular weight excluding hydrogens is 602 g/mol. The van der Waals surface area contributed by atoms with Crippen molar-refractivity contribution in [1.29, 1.82) is 5.26 Å². The first-order chi connectivity index (χ1) is 22.9. The van der Waals surface area contributed by atoms with E-state index in [0.29, 0.717) is 22.2 Å². The molecule has 47 heavy (non-hydrogen) atoms. The van der Waals surface area contributed by atoms with E-state index >= 15 is 0 Å². The third kappa shape index (κ3) is 4.42. The molecule has 0 spiro atoms. The highest BCUT2D eigenvalue weighted by Crippen LogP contribution is 2.41. The maximum atomic E-state index is 14.9. The second-order valence-corrected chi connectivity index (χ2v) is 10.9. The number of hydrogen-bond donors (Lipinski definition) is 0. The standard InChI is InChI=1S/C38H19F4N5/c39-32-28(20-43)33(40)35(42)30(34(32)41)22-17-15-21(16-18-22)26-19-27-31(38-37(26)45-47(46-38)24-11-5-2-6-12-24)25-13-7-8-14-29(25)44-36(27)23-9-3-1-4-10-23/h1-19H. The van der Waals surface area contributed by atoms with Gasteiger partial charge in [-0.3, -0.25) is 0 Å². The van der Waals surface area contributed by atoms with E-state index in [4.69, 9.17) is 20.4 Å². The van der Waals surface area contributed by atoms with Crippen LogP contribution in [-0.2, 0) is 0 Å². The van der Waals surface area contributed by atoms with Crippen LogP contribution < -0.4 is 0 Å². The third-order valence-electron chi connectivity index (χ3n) is 8.22. The molecule has 0 amide bonds. The lowest BCUT2D eigenvalue weighted by Crippen LogP contribution is -2.03. The molecule has 0 saturated heterocycles. The average molecular weight is 622 g/mol. The van der Waals surface area contributed by atoms with Gasteiger partial charge in [-0.1, -0.05) is 91.0 Å². The minimum absolute atomic E-state index is 0.103. The van der Waals surface area contributed by atoms with Gasteiger partial charge in [0.2, 0.25) is 0 Å². The van der Waals surface area contributed by atoms with Crippen molar-refractivity contribution in [2.75, 3.05) is 0 Å². The van der Waals surface area contributed by atoms with Crippen molar-refractivity contribution in [3.63, 3.8) is 0 Å². The van der Waals surface area contributed by atoms with Gasteiger partial charge in [-0.15, -0.1) is 10.2 Å². The fourth-order valence-electron chi connectivity index (χ4n) is 6.00. The normalized spacial score (nSPS) is 11.4. The van der Waals surface area contributed by atoms with E-state index in [1.807, 2.05) is 91.0 Å². The average Bonchev–Trinajstić information content (AvgIpc) is 3.57. The summed E-state index contributed by atoms with van der Waals surface area (Å²) in [7, 11) is 0. The first kappa shape index (κ1) is 28.1. The Morgan fingerprint density at radius 1 is 0.574 bits per heavy atom. The van der Waals surface area contributed by atoms with Gasteiger partial charge in [-0.25, -0.2) is 22.5 Å². The van der Waals surface area contributed by atoms with Gasteiger partial charge in [0.25, 0.3) is 0 Å². The fourth-order valence-corrected chi connectivity index (χ4v) is 6.00. The monoisotopic (exact) mass is 621 g/mol. The van der Waals surface area contributed by atoms with Crippen molar-refractivity contribution >= 4 is 32.7 Å². The van der Waals surface area contributed by atoms with Crippen LogP contribution in [-0.4, -0.2) is 20.0 Å². The van der Waals surface area contributed by atoms with Crippen LogP contribution in [0.4, 0.5) is 17.6 Å². The van der Waals surface area contributed by atoms with Gasteiger partial charge in [0.15, 0.2) is 23.3 Å². The van der Waals surface area contributed by atoms with Crippen LogP contribution in [0.1, 0.15) is 5.56 Å². The van der Waals surface area contributed by atoms with Gasteiger partial charge in [0.05, 0.1) is 22.5 Å². The molecule has 5 nitrogen and oxygen atoms in total. The smallest absolute Gasteiger partial charge is 0.180 e. The molecule has 224 valence electrons. The van der Waals surface area contributed by atoms with E-state index in [2.05, 4.69) is 0 Å². The lowest BCUT2D eigenvalue weighted by Gasteiger charge is -2.13. The molecule has 6 aromatic carbocycles. The van der Waals surface area contributed by atoms with E-state index in [-0.39, 0.29) is 5.56 Å². The van der Waals surface area contributed by atoms with Crippen LogP contribution in [0.25, 0.3) is 71.9 Å². The van der Waals surface area contributed by atoms with E-state index in [1.165, 1.54) is 18.2 Å². The summed E-state index contributed by atoms with van der Waals surface area (Å²) in [6.07, 6.45) is 0. The van der Waals surface area contributed by atoms with Gasteiger partial charge in [-0.2, -0.15) is 10.1 Å². The Bertz CT molecular complexity index is 2530. The van der Waals surface area contributed by atoms with E-state index in [0.717, 1.165) is 38.6 Å². The summed E-state index contributed by atoms with van der Waals surface area (Å²) in [5, 5.41) is 21.4. The number of fused-ring (bicyclic) bond motifs is 5. The lowest BCUT2D eigenvalue weighted by atomic mass is 9.93. The minimum atomic E-state index is -1.74. The number of para-hydroxylation sites is 2. The van der Waals surface area contributed by atoms with Crippen LogP contribution >= 0.6 is 0 Å². The number of hydrogen-bond acceptors (Lipinski definition) is 4. The molecule has 0 aliphatic carbocycles. The Morgan fingerprint density at radius 3 is 1.85 bits per heavy atom. The quantitative estimate of drug-likeness (QED) is 0.112. The lowest BCUT2D eigenvalue weighted by molar-refractivity contribution is 0.454. The van der Waals surface area contributed by atoms with Gasteiger partial charge < -0.3 is 0 Å². The molecule has 0 aliphatic heterocycles. The van der Waals surface area contributed by atoms with Crippen molar-refractivity contribution < 1.29 is 17.6 Å². The highest BCUT2D eigenvalue weighted by atomic mass is 19.2. The van der Waals surface area contributed by atoms with E-state index < -0.39 is 34.4 Å². The number of aromatic nitrogens is 4. The molecule has 0 saturated carbocycles. The van der Waals surface area contributed by atoms with Crippen molar-refractivity contribution in [3.05, 3.63) is 144 Å². The van der Waals surface area contributed by atoms with Gasteiger partial charge in [0, 0.05) is 27.3 Å². The maximum Gasteiger partial charge on any atom is 0.180 e. The second kappa shape index (κ2) is 10.9. The van der Waals surface area contributed by atoms with Crippen molar-refractivity contribution in [2.45, 2.75) is 0 Å². The SMILES string of the molecule is N#Cc1c(F)c(F)c(-c2ccc(-c3cc4c(-c5ccccc5)nc5ccccc5c4c4nn(-c5ccccc5)nc34)cc2)c(F)c1F. The fraction of sp³-hybridized carbons (Fsp3) is 0. The highest BCUT2D eigenvalue weighted by molar-refractivity contribution is 6.23. The third-order valence-corrected chi connectivity index (χ3v) is 8.22. The van der Waals surface area contributed by atoms with Crippen LogP contribution in [0.5, 0.6) is 0 Å². The van der Waals surface area contributed by atoms with Gasteiger partial charge in [0.1, 0.15) is 22.7 Å². The summed E-state index contributed by atoms with van der Waals surface area (Å²) < 4.78 is 58.8. The molecule has 9 heteroatoms. The van der Waals surface area contributed by atoms with Crippen LogP contribution in [0, 0.1) is 34.6 Å². The Labute approximate surface area is 264 Å². The van der Waals surface area contributed by atoms with Crippen LogP contribution in [0.15, 0.2) is 115 Å². The Morgan fingerprint density at radius 2 is 1.17 bits per heavy atom. The summed E-state index contributed by atoms with van der Waals surface area (Å²) in [5.41, 5.74) is 3.32. The molecule has 0 bridgehead atoms. The molecule has 8 aromatic rings. The van der Waals surface area contributed by atoms with Crippen molar-refractivity contribution in [2.24, 2.45) is 0 Å². The molecule has 8 rings (SSSR count). The number of rotatable bonds is 4. The summed E-state index contributed by atoms with van der Waals surface area (Å²) in [4.78, 5) is 6.61. The van der Waals surface area contributed by atoms with Crippen LogP contribution in [0.2, 0.25) is 0 Å². The topological polar surface area (TPSA) is 67.4 Å². The number of nitriles is 1. The predicted molar refractivity (Wildman–Crippen MR) is 173 cm³/mol. The minimum Gasteiger partial charge on any atom is -0.247 e. The molecule has 0 N–H and O–H groups in total. The zero-order valence-corrected chi connectivity index (χ0v) is 24.2. The highest BCUT2D eigenvalue weighted by Gasteiger charge is 2.27. The molecule has 0 radical (unpaired) electrons. The van der Waals surface area contributed by atoms with Crippen molar-refractivity contribution in [1.82, 2.24) is 20.0 Å². The van der Waals surface area contributed by atoms with Gasteiger partial charge in [-0.05, 0) is 35.4 Å². The number of pyridine rings is 1. The molecule has 2 aromatic heterocycles. The molecule has 0 atom stereocenters. The van der Waals surface area contributed by atoms with E-state index in [1.54, 1.807) is 16.9 Å². The zero-order valence-electron chi connectivity index (χ0n) is 24.2. The second-order valence-electron chi connectivity index (χ2n) is 10.9. The molecule has 2 heterocycles. The summed E-state index contributed by atoms with van der Waals surface area (Å²) in [6, 6.07) is 36.1. The van der Waals surface area contributed by atoms with Crippen molar-refractivity contribution in [3.8, 4) is 45.3 Å². The largest absolute Gasteiger partial charge is 0.247 e.